The molecule has 1 aliphatic heterocycles. The van der Waals surface area contributed by atoms with E-state index in [4.69, 9.17) is 10.6 Å². The molecule has 1 saturated heterocycles. The molecule has 0 bridgehead atoms. The predicted molar refractivity (Wildman–Crippen MR) is 126 cm³/mol. The van der Waals surface area contributed by atoms with Gasteiger partial charge in [0.15, 0.2) is 5.82 Å². The summed E-state index contributed by atoms with van der Waals surface area (Å²) in [6.07, 6.45) is 2.09. The zero-order valence-corrected chi connectivity index (χ0v) is 19.3. The van der Waals surface area contributed by atoms with Gasteiger partial charge in [-0.1, -0.05) is 68.1 Å². The van der Waals surface area contributed by atoms with Crippen LogP contribution in [0.3, 0.4) is 0 Å². The largest absolute Gasteiger partial charge is 0.486 e. The van der Waals surface area contributed by atoms with Gasteiger partial charge >= 0.3 is 0 Å². The molecule has 0 unspecified atom stereocenters. The van der Waals surface area contributed by atoms with Gasteiger partial charge in [-0.05, 0) is 42.0 Å². The van der Waals surface area contributed by atoms with Crippen LogP contribution in [-0.2, 0) is 11.4 Å². The molecule has 7 nitrogen and oxygen atoms in total. The highest BCUT2D eigenvalue weighted by molar-refractivity contribution is 8.00. The topological polar surface area (TPSA) is 86.3 Å². The average molecular weight is 452 g/mol. The van der Waals surface area contributed by atoms with Gasteiger partial charge < -0.3 is 15.5 Å². The SMILES string of the molecule is CC(C)c1ccc(OCc2nnc(S[C@H](C(=O)N3CCCC3)c3ccccc3)n2N)cc1. The van der Waals surface area contributed by atoms with Crippen LogP contribution in [0.5, 0.6) is 5.75 Å². The molecule has 1 aliphatic rings. The molecule has 1 aromatic heterocycles. The minimum Gasteiger partial charge on any atom is -0.486 e. The van der Waals surface area contributed by atoms with E-state index in [0.29, 0.717) is 16.9 Å². The third kappa shape index (κ3) is 5.07. The summed E-state index contributed by atoms with van der Waals surface area (Å²) in [7, 11) is 0. The molecule has 0 saturated carbocycles. The number of likely N-dealkylation sites (tertiary alicyclic amines) is 1. The number of amides is 1. The number of thioether (sulfide) groups is 1. The van der Waals surface area contributed by atoms with Crippen molar-refractivity contribution in [3.8, 4) is 5.75 Å². The summed E-state index contributed by atoms with van der Waals surface area (Å²) in [6.45, 7) is 6.10. The quantitative estimate of drug-likeness (QED) is 0.409. The molecule has 0 radical (unpaired) electrons. The lowest BCUT2D eigenvalue weighted by atomic mass is 10.0. The lowest BCUT2D eigenvalue weighted by Crippen LogP contribution is -2.31. The van der Waals surface area contributed by atoms with E-state index in [1.54, 1.807) is 0 Å². The van der Waals surface area contributed by atoms with Crippen LogP contribution in [-0.4, -0.2) is 38.8 Å². The maximum absolute atomic E-state index is 13.2. The fourth-order valence-corrected chi connectivity index (χ4v) is 4.74. The number of nitrogens with two attached hydrogens (primary N) is 1. The monoisotopic (exact) mass is 451 g/mol. The van der Waals surface area contributed by atoms with E-state index in [-0.39, 0.29) is 12.5 Å². The summed E-state index contributed by atoms with van der Waals surface area (Å²) >= 11 is 1.33. The first kappa shape index (κ1) is 22.2. The van der Waals surface area contributed by atoms with E-state index in [2.05, 4.69) is 36.2 Å². The molecule has 2 aromatic carbocycles. The summed E-state index contributed by atoms with van der Waals surface area (Å²) in [5, 5.41) is 8.51. The van der Waals surface area contributed by atoms with Gasteiger partial charge in [0, 0.05) is 13.1 Å². The van der Waals surface area contributed by atoms with E-state index in [0.717, 1.165) is 37.2 Å². The van der Waals surface area contributed by atoms with Gasteiger partial charge in [-0.2, -0.15) is 0 Å². The van der Waals surface area contributed by atoms with Gasteiger partial charge in [-0.15, -0.1) is 10.2 Å². The van der Waals surface area contributed by atoms with Gasteiger partial charge in [0.1, 0.15) is 17.6 Å². The Bertz CT molecular complexity index is 1030. The van der Waals surface area contributed by atoms with Crippen molar-refractivity contribution in [3.63, 3.8) is 0 Å². The Hall–Kier alpha value is -3.00. The third-order valence-corrected chi connectivity index (χ3v) is 6.82. The van der Waals surface area contributed by atoms with Crippen LogP contribution in [0.1, 0.15) is 54.8 Å². The normalized spacial score (nSPS) is 14.7. The molecule has 1 amide bonds. The second-order valence-electron chi connectivity index (χ2n) is 8.22. The molecule has 1 atom stereocenters. The Morgan fingerprint density at radius 1 is 1.03 bits per heavy atom. The molecule has 1 fully saturated rings. The number of carbonyl (C=O) groups is 1. The zero-order chi connectivity index (χ0) is 22.5. The smallest absolute Gasteiger partial charge is 0.240 e. The van der Waals surface area contributed by atoms with Crippen molar-refractivity contribution in [1.29, 1.82) is 0 Å². The molecule has 8 heteroatoms. The molecule has 2 heterocycles. The number of hydrogen-bond acceptors (Lipinski definition) is 6. The number of aromatic nitrogens is 3. The standard InChI is InChI=1S/C24H29N5O2S/c1-17(2)18-10-12-20(13-11-18)31-16-21-26-27-24(29(21)25)32-22(19-8-4-3-5-9-19)23(30)28-14-6-7-15-28/h3-5,8-13,17,22H,6-7,14-16,25H2,1-2H3/t22-/m0/s1. The summed E-state index contributed by atoms with van der Waals surface area (Å²) in [5.41, 5.74) is 2.19. The number of carbonyl (C=O) groups excluding carboxylic acids is 1. The highest BCUT2D eigenvalue weighted by atomic mass is 32.2. The first-order valence-electron chi connectivity index (χ1n) is 11.0. The van der Waals surface area contributed by atoms with Crippen LogP contribution < -0.4 is 10.6 Å². The van der Waals surface area contributed by atoms with E-state index in [9.17, 15) is 4.79 Å². The Kier molecular flexibility index (Phi) is 6.99. The van der Waals surface area contributed by atoms with Crippen molar-refractivity contribution < 1.29 is 9.53 Å². The first-order valence-corrected chi connectivity index (χ1v) is 11.8. The van der Waals surface area contributed by atoms with Gasteiger partial charge in [-0.3, -0.25) is 4.79 Å². The summed E-state index contributed by atoms with van der Waals surface area (Å²) in [5.74, 6) is 8.08. The Labute approximate surface area is 192 Å². The number of hydrogen-bond donors (Lipinski definition) is 1. The van der Waals surface area contributed by atoms with Gasteiger partial charge in [0.2, 0.25) is 11.1 Å². The number of nitrogen functional groups attached to an aromatic ring is 1. The molecule has 2 N–H and O–H groups in total. The van der Waals surface area contributed by atoms with Crippen LogP contribution in [0.2, 0.25) is 0 Å². The minimum atomic E-state index is -0.418. The number of benzene rings is 2. The Morgan fingerprint density at radius 2 is 1.72 bits per heavy atom. The van der Waals surface area contributed by atoms with Gasteiger partial charge in [0.25, 0.3) is 0 Å². The second kappa shape index (κ2) is 10.1. The minimum absolute atomic E-state index is 0.0877. The molecule has 3 aromatic rings. The maximum atomic E-state index is 13.2. The molecule has 4 rings (SSSR count). The molecule has 168 valence electrons. The molecule has 32 heavy (non-hydrogen) atoms. The van der Waals surface area contributed by atoms with E-state index in [1.807, 2.05) is 47.4 Å². The molecule has 0 aliphatic carbocycles. The third-order valence-electron chi connectivity index (χ3n) is 5.62. The van der Waals surface area contributed by atoms with Gasteiger partial charge in [-0.25, -0.2) is 4.68 Å². The van der Waals surface area contributed by atoms with E-state index in [1.165, 1.54) is 22.0 Å². The first-order chi connectivity index (χ1) is 15.5. The molecular formula is C24H29N5O2S. The Balaban J connectivity index is 1.47. The van der Waals surface area contributed by atoms with Crippen molar-refractivity contribution in [1.82, 2.24) is 19.8 Å². The summed E-state index contributed by atoms with van der Waals surface area (Å²) in [6, 6.07) is 17.8. The summed E-state index contributed by atoms with van der Waals surface area (Å²) in [4.78, 5) is 15.2. The molecule has 0 spiro atoms. The fraction of sp³-hybridized carbons (Fsp3) is 0.375. The maximum Gasteiger partial charge on any atom is 0.240 e. The second-order valence-corrected chi connectivity index (χ2v) is 9.29. The van der Waals surface area contributed by atoms with Crippen LogP contribution >= 0.6 is 11.8 Å². The lowest BCUT2D eigenvalue weighted by molar-refractivity contribution is -0.129. The highest BCUT2D eigenvalue weighted by Gasteiger charge is 2.30. The number of ether oxygens (including phenoxy) is 1. The Morgan fingerprint density at radius 3 is 2.38 bits per heavy atom. The van der Waals surface area contributed by atoms with Crippen LogP contribution in [0, 0.1) is 0 Å². The van der Waals surface area contributed by atoms with Crippen molar-refractivity contribution in [3.05, 3.63) is 71.5 Å². The van der Waals surface area contributed by atoms with Crippen molar-refractivity contribution in [2.24, 2.45) is 0 Å². The lowest BCUT2D eigenvalue weighted by Gasteiger charge is -2.22. The highest BCUT2D eigenvalue weighted by Crippen LogP contribution is 2.36. The summed E-state index contributed by atoms with van der Waals surface area (Å²) < 4.78 is 7.27. The fourth-order valence-electron chi connectivity index (χ4n) is 3.68. The molecular weight excluding hydrogens is 422 g/mol. The predicted octanol–water partition coefficient (Wildman–Crippen LogP) is 4.15. The van der Waals surface area contributed by atoms with E-state index < -0.39 is 5.25 Å². The van der Waals surface area contributed by atoms with Crippen LogP contribution in [0.4, 0.5) is 0 Å². The average Bonchev–Trinajstić information content (AvgIpc) is 3.47. The number of rotatable bonds is 8. The van der Waals surface area contributed by atoms with E-state index >= 15 is 0 Å². The van der Waals surface area contributed by atoms with Crippen molar-refractivity contribution in [2.45, 2.75) is 49.6 Å². The zero-order valence-electron chi connectivity index (χ0n) is 18.5. The van der Waals surface area contributed by atoms with Crippen molar-refractivity contribution >= 4 is 17.7 Å². The van der Waals surface area contributed by atoms with Crippen molar-refractivity contribution in [2.75, 3.05) is 18.9 Å². The number of nitrogens with zero attached hydrogens (tertiary/aromatic N) is 4. The van der Waals surface area contributed by atoms with Crippen LogP contribution in [0.25, 0.3) is 0 Å². The van der Waals surface area contributed by atoms with Crippen LogP contribution in [0.15, 0.2) is 59.8 Å². The van der Waals surface area contributed by atoms with Gasteiger partial charge in [0.05, 0.1) is 0 Å².